The molecular weight excluding hydrogens is 644 g/mol. The molecule has 4 aliphatic rings. The van der Waals surface area contributed by atoms with E-state index >= 15 is 0 Å². The van der Waals surface area contributed by atoms with Gasteiger partial charge in [-0.2, -0.15) is 0 Å². The lowest BCUT2D eigenvalue weighted by Crippen LogP contribution is -2.45. The van der Waals surface area contributed by atoms with Gasteiger partial charge in [0, 0.05) is 38.0 Å². The van der Waals surface area contributed by atoms with E-state index in [-0.39, 0.29) is 23.9 Å². The molecule has 0 saturated heterocycles. The normalized spacial score (nSPS) is 18.5. The molecule has 2 amide bonds. The minimum Gasteiger partial charge on any atom is -0.493 e. The molecule has 10 nitrogen and oxygen atoms in total. The average molecular weight is 687 g/mol. The highest BCUT2D eigenvalue weighted by molar-refractivity contribution is 6.04. The van der Waals surface area contributed by atoms with Crippen molar-refractivity contribution in [2.24, 2.45) is 4.99 Å². The monoisotopic (exact) mass is 686 g/mol. The van der Waals surface area contributed by atoms with Gasteiger partial charge in [0.1, 0.15) is 0 Å². The van der Waals surface area contributed by atoms with Crippen molar-refractivity contribution in [3.05, 3.63) is 106 Å². The van der Waals surface area contributed by atoms with Crippen LogP contribution in [0.5, 0.6) is 23.0 Å². The zero-order chi connectivity index (χ0) is 34.9. The van der Waals surface area contributed by atoms with Gasteiger partial charge in [0.2, 0.25) is 0 Å². The first kappa shape index (κ1) is 32.7. The summed E-state index contributed by atoms with van der Waals surface area (Å²) in [5, 5.41) is 3.51. The maximum atomic E-state index is 13.7. The number of fused-ring (bicyclic) bond motifs is 6. The molecule has 0 radical (unpaired) electrons. The Balaban J connectivity index is 0.856. The third-order valence-corrected chi connectivity index (χ3v) is 10.4. The van der Waals surface area contributed by atoms with Crippen LogP contribution in [0.25, 0.3) is 0 Å². The van der Waals surface area contributed by atoms with E-state index in [1.54, 1.807) is 26.4 Å². The van der Waals surface area contributed by atoms with Gasteiger partial charge in [-0.1, -0.05) is 48.5 Å². The van der Waals surface area contributed by atoms with Crippen molar-refractivity contribution in [1.82, 2.24) is 9.80 Å². The SMILES string of the molecule is COc1cc2c(cc1OCCCCCOc1cc3c(cc1OC)C(=O)N1Cc4ccccc4C[C@H]1CN3)N=C[C@H]1Cc3ccccc3CN1C2=O. The summed E-state index contributed by atoms with van der Waals surface area (Å²) in [7, 11) is 3.19. The Bertz CT molecular complexity index is 2010. The van der Waals surface area contributed by atoms with E-state index < -0.39 is 0 Å². The number of methoxy groups -OCH3 is 2. The molecule has 4 aromatic rings. The first-order valence-corrected chi connectivity index (χ1v) is 17.7. The van der Waals surface area contributed by atoms with Crippen molar-refractivity contribution in [2.45, 2.75) is 57.3 Å². The summed E-state index contributed by atoms with van der Waals surface area (Å²) >= 11 is 0. The van der Waals surface area contributed by atoms with Crippen LogP contribution in [0.4, 0.5) is 11.4 Å². The van der Waals surface area contributed by atoms with Crippen LogP contribution >= 0.6 is 0 Å². The van der Waals surface area contributed by atoms with Crippen LogP contribution in [0.15, 0.2) is 77.8 Å². The second-order valence-electron chi connectivity index (χ2n) is 13.5. The highest BCUT2D eigenvalue weighted by atomic mass is 16.5. The molecule has 51 heavy (non-hydrogen) atoms. The van der Waals surface area contributed by atoms with Gasteiger partial charge in [-0.3, -0.25) is 14.6 Å². The molecular formula is C41H42N4O6. The molecule has 4 heterocycles. The molecule has 0 bridgehead atoms. The van der Waals surface area contributed by atoms with E-state index in [9.17, 15) is 9.59 Å². The minimum atomic E-state index is -0.0947. The van der Waals surface area contributed by atoms with Crippen molar-refractivity contribution >= 4 is 29.4 Å². The number of nitrogens with one attached hydrogen (secondary N) is 1. The van der Waals surface area contributed by atoms with E-state index in [2.05, 4.69) is 35.6 Å². The lowest BCUT2D eigenvalue weighted by atomic mass is 9.94. The summed E-state index contributed by atoms with van der Waals surface area (Å²) in [6.45, 7) is 2.80. The standard InChI is InChI=1S/C41H42N4O6/c1-48-36-18-32-34(42-22-30-16-26-10-4-6-12-28(26)24-44(30)40(32)46)20-38(36)50-14-8-3-9-15-51-39-21-35-33(19-37(39)49-2)41(47)45-25-29-13-7-5-11-27(29)17-31(45)23-43-35/h4-7,10-13,18-22,30-31,43H,3,8-9,14-17,23-25H2,1-2H3/t30-,31+/m1/s1. The number of unbranched alkanes of at least 4 members (excludes halogenated alkanes) is 2. The third-order valence-electron chi connectivity index (χ3n) is 10.4. The third kappa shape index (κ3) is 6.35. The number of anilines is 1. The number of nitrogens with zero attached hydrogens (tertiary/aromatic N) is 3. The molecule has 0 aliphatic carbocycles. The molecule has 10 heteroatoms. The topological polar surface area (TPSA) is 102 Å². The van der Waals surface area contributed by atoms with Gasteiger partial charge in [0.15, 0.2) is 23.0 Å². The zero-order valence-electron chi connectivity index (χ0n) is 29.0. The molecule has 4 aliphatic heterocycles. The fourth-order valence-electron chi connectivity index (χ4n) is 7.61. The Kier molecular flexibility index (Phi) is 8.98. The van der Waals surface area contributed by atoms with Crippen molar-refractivity contribution in [2.75, 3.05) is 39.3 Å². The van der Waals surface area contributed by atoms with Gasteiger partial charge in [0.25, 0.3) is 11.8 Å². The first-order chi connectivity index (χ1) is 25.0. The summed E-state index contributed by atoms with van der Waals surface area (Å²) in [5.74, 6) is 2.19. The summed E-state index contributed by atoms with van der Waals surface area (Å²) in [6.07, 6.45) is 5.94. The van der Waals surface area contributed by atoms with Crippen molar-refractivity contribution < 1.29 is 28.5 Å². The number of hydrogen-bond acceptors (Lipinski definition) is 8. The van der Waals surface area contributed by atoms with Crippen molar-refractivity contribution in [1.29, 1.82) is 0 Å². The van der Waals surface area contributed by atoms with Crippen LogP contribution in [0, 0.1) is 0 Å². The summed E-state index contributed by atoms with van der Waals surface area (Å²) in [4.78, 5) is 36.0. The molecule has 0 unspecified atom stereocenters. The molecule has 1 N–H and O–H groups in total. The summed E-state index contributed by atoms with van der Waals surface area (Å²) < 4.78 is 23.7. The summed E-state index contributed by atoms with van der Waals surface area (Å²) in [5.41, 5.74) is 7.41. The van der Waals surface area contributed by atoms with E-state index in [0.29, 0.717) is 72.7 Å². The highest BCUT2D eigenvalue weighted by Crippen LogP contribution is 2.40. The molecule has 0 saturated carbocycles. The number of rotatable bonds is 10. The second kappa shape index (κ2) is 14.0. The molecule has 8 rings (SSSR count). The van der Waals surface area contributed by atoms with Crippen molar-refractivity contribution in [3.63, 3.8) is 0 Å². The Morgan fingerprint density at radius 1 is 0.686 bits per heavy atom. The molecule has 4 aromatic carbocycles. The van der Waals surface area contributed by atoms with Crippen LogP contribution in [0.1, 0.15) is 62.2 Å². The quantitative estimate of drug-likeness (QED) is 0.188. The van der Waals surface area contributed by atoms with Gasteiger partial charge >= 0.3 is 0 Å². The number of benzene rings is 4. The number of amides is 2. The van der Waals surface area contributed by atoms with E-state index in [4.69, 9.17) is 23.9 Å². The van der Waals surface area contributed by atoms with Crippen LogP contribution in [0.2, 0.25) is 0 Å². The Morgan fingerprint density at radius 3 is 1.96 bits per heavy atom. The first-order valence-electron chi connectivity index (χ1n) is 17.7. The predicted molar refractivity (Wildman–Crippen MR) is 195 cm³/mol. The van der Waals surface area contributed by atoms with Gasteiger partial charge in [-0.25, -0.2) is 0 Å². The van der Waals surface area contributed by atoms with Gasteiger partial charge < -0.3 is 34.1 Å². The zero-order valence-corrected chi connectivity index (χ0v) is 29.0. The molecule has 0 aromatic heterocycles. The molecule has 262 valence electrons. The van der Waals surface area contributed by atoms with Gasteiger partial charge in [-0.05, 0) is 66.5 Å². The van der Waals surface area contributed by atoms with Gasteiger partial charge in [-0.15, -0.1) is 0 Å². The van der Waals surface area contributed by atoms with Crippen LogP contribution < -0.4 is 24.3 Å². The number of hydrogen-bond donors (Lipinski definition) is 1. The van der Waals surface area contributed by atoms with E-state index in [1.165, 1.54) is 22.3 Å². The molecule has 0 spiro atoms. The Hall–Kier alpha value is -5.51. The average Bonchev–Trinajstić information content (AvgIpc) is 3.38. The largest absolute Gasteiger partial charge is 0.493 e. The minimum absolute atomic E-state index is 0.00522. The maximum Gasteiger partial charge on any atom is 0.257 e. The Labute approximate surface area is 298 Å². The fourth-order valence-corrected chi connectivity index (χ4v) is 7.61. The molecule has 0 fully saturated rings. The van der Waals surface area contributed by atoms with E-state index in [1.807, 2.05) is 46.3 Å². The number of carbonyl (C=O) groups is 2. The Morgan fingerprint density at radius 2 is 1.27 bits per heavy atom. The maximum absolute atomic E-state index is 13.7. The van der Waals surface area contributed by atoms with Crippen LogP contribution in [0.3, 0.4) is 0 Å². The van der Waals surface area contributed by atoms with Crippen LogP contribution in [-0.2, 0) is 25.9 Å². The van der Waals surface area contributed by atoms with Crippen molar-refractivity contribution in [3.8, 4) is 23.0 Å². The van der Waals surface area contributed by atoms with Crippen LogP contribution in [-0.4, -0.2) is 73.9 Å². The molecule has 2 atom stereocenters. The number of carbonyl (C=O) groups excluding carboxylic acids is 2. The van der Waals surface area contributed by atoms with Gasteiger partial charge in [0.05, 0.1) is 62.0 Å². The second-order valence-corrected chi connectivity index (χ2v) is 13.5. The number of aliphatic imine (C=N–C) groups is 1. The highest BCUT2D eigenvalue weighted by Gasteiger charge is 2.35. The summed E-state index contributed by atoms with van der Waals surface area (Å²) in [6, 6.07) is 23.9. The van der Waals surface area contributed by atoms with E-state index in [0.717, 1.165) is 37.8 Å². The number of ether oxygens (including phenoxy) is 4. The smallest absolute Gasteiger partial charge is 0.257 e. The fraction of sp³-hybridized carbons (Fsp3) is 0.341. The lowest BCUT2D eigenvalue weighted by molar-refractivity contribution is 0.0659. The lowest BCUT2D eigenvalue weighted by Gasteiger charge is -2.35. The predicted octanol–water partition coefficient (Wildman–Crippen LogP) is 6.61.